The molecule has 4 aromatic heterocycles. The van der Waals surface area contributed by atoms with Crippen LogP contribution in [0.2, 0.25) is 0 Å². The maximum atomic E-state index is 9.68. The second-order valence-corrected chi connectivity index (χ2v) is 9.93. The lowest BCUT2D eigenvalue weighted by Crippen LogP contribution is -2.68. The number of methoxy groups -OCH3 is 1. The van der Waals surface area contributed by atoms with Crippen LogP contribution >= 0.6 is 0 Å². The molecule has 3 aliphatic rings. The first-order chi connectivity index (χ1) is 19.1. The van der Waals surface area contributed by atoms with Crippen molar-refractivity contribution in [2.75, 3.05) is 38.3 Å². The Hall–Kier alpha value is -4.24. The van der Waals surface area contributed by atoms with E-state index in [4.69, 9.17) is 19.6 Å². The highest BCUT2D eigenvalue weighted by Gasteiger charge is 2.44. The number of aliphatic hydroxyl groups is 2. The Kier molecular flexibility index (Phi) is 6.74. The Morgan fingerprint density at radius 1 is 1.13 bits per heavy atom. The van der Waals surface area contributed by atoms with E-state index in [-0.39, 0.29) is 6.61 Å². The number of anilines is 1. The van der Waals surface area contributed by atoms with Crippen LogP contribution < -0.4 is 14.4 Å². The van der Waals surface area contributed by atoms with Crippen molar-refractivity contribution in [1.82, 2.24) is 24.5 Å². The number of fused-ring (bicyclic) bond motifs is 3. The quantitative estimate of drug-likeness (QED) is 0.332. The van der Waals surface area contributed by atoms with Gasteiger partial charge in [0.1, 0.15) is 30.3 Å². The highest BCUT2D eigenvalue weighted by atomic mass is 16.5. The third-order valence-electron chi connectivity index (χ3n) is 7.46. The van der Waals surface area contributed by atoms with Crippen LogP contribution in [0, 0.1) is 11.3 Å². The van der Waals surface area contributed by atoms with E-state index in [0.29, 0.717) is 34.8 Å². The molecule has 3 aliphatic heterocycles. The molecule has 3 unspecified atom stereocenters. The zero-order valence-electron chi connectivity index (χ0n) is 21.5. The van der Waals surface area contributed by atoms with Gasteiger partial charge in [0, 0.05) is 61.3 Å². The van der Waals surface area contributed by atoms with Crippen molar-refractivity contribution in [2.24, 2.45) is 0 Å². The van der Waals surface area contributed by atoms with Crippen LogP contribution in [0.3, 0.4) is 0 Å². The second-order valence-electron chi connectivity index (χ2n) is 9.93. The van der Waals surface area contributed by atoms with Gasteiger partial charge in [0.25, 0.3) is 0 Å². The molecule has 0 radical (unpaired) electrons. The Bertz CT molecular complexity index is 1490. The Morgan fingerprint density at radius 2 is 1.97 bits per heavy atom. The van der Waals surface area contributed by atoms with E-state index >= 15 is 0 Å². The highest BCUT2D eigenvalue weighted by Crippen LogP contribution is 2.36. The van der Waals surface area contributed by atoms with E-state index in [0.717, 1.165) is 36.6 Å². The average molecular weight is 528 g/mol. The van der Waals surface area contributed by atoms with Gasteiger partial charge in [-0.15, -0.1) is 0 Å². The SMILES string of the molecule is COc1ccc(CN2C3CC2CN(c2ccc(-c4cc(OCC(O)CO)cn5ncc(C#N)c45)cn2)C3)cn1. The third-order valence-corrected chi connectivity index (χ3v) is 7.46. The van der Waals surface area contributed by atoms with E-state index < -0.39 is 12.7 Å². The molecule has 2 N–H and O–H groups in total. The molecule has 0 aliphatic carbocycles. The summed E-state index contributed by atoms with van der Waals surface area (Å²) in [6, 6.07) is 12.9. The fraction of sp³-hybridized carbons (Fsp3) is 0.357. The predicted molar refractivity (Wildman–Crippen MR) is 142 cm³/mol. The maximum absolute atomic E-state index is 9.68. The lowest BCUT2D eigenvalue weighted by atomic mass is 9.87. The van der Waals surface area contributed by atoms with Gasteiger partial charge in [0.05, 0.1) is 37.2 Å². The topological polar surface area (TPSA) is 132 Å². The summed E-state index contributed by atoms with van der Waals surface area (Å²) in [5.74, 6) is 2.01. The van der Waals surface area contributed by atoms with E-state index in [1.54, 1.807) is 23.9 Å². The third kappa shape index (κ3) is 4.85. The number of rotatable bonds is 9. The molecule has 4 aromatic rings. The summed E-state index contributed by atoms with van der Waals surface area (Å²) in [4.78, 5) is 14.0. The Morgan fingerprint density at radius 3 is 2.64 bits per heavy atom. The average Bonchev–Trinajstić information content (AvgIpc) is 3.41. The van der Waals surface area contributed by atoms with Crippen LogP contribution in [0.1, 0.15) is 17.5 Å². The first kappa shape index (κ1) is 25.1. The van der Waals surface area contributed by atoms with Crippen molar-refractivity contribution < 1.29 is 19.7 Å². The molecule has 0 aromatic carbocycles. The van der Waals surface area contributed by atoms with Crippen molar-refractivity contribution in [3.8, 4) is 28.8 Å². The van der Waals surface area contributed by atoms with Crippen LogP contribution in [0.15, 0.2) is 55.1 Å². The number of piperazine rings is 1. The number of hydrogen-bond donors (Lipinski definition) is 2. The summed E-state index contributed by atoms with van der Waals surface area (Å²) in [5.41, 5.74) is 3.86. The largest absolute Gasteiger partial charge is 0.489 e. The number of hydrogen-bond acceptors (Lipinski definition) is 10. The number of nitrogens with zero attached hydrogens (tertiary/aromatic N) is 7. The molecule has 200 valence electrons. The smallest absolute Gasteiger partial charge is 0.212 e. The number of nitriles is 1. The van der Waals surface area contributed by atoms with Gasteiger partial charge < -0.3 is 24.6 Å². The maximum Gasteiger partial charge on any atom is 0.212 e. The lowest BCUT2D eigenvalue weighted by molar-refractivity contribution is -0.00876. The summed E-state index contributed by atoms with van der Waals surface area (Å²) in [6.07, 6.45) is 7.06. The summed E-state index contributed by atoms with van der Waals surface area (Å²) >= 11 is 0. The van der Waals surface area contributed by atoms with Crippen molar-refractivity contribution in [3.05, 3.63) is 66.2 Å². The molecule has 0 spiro atoms. The normalized spacial score (nSPS) is 19.4. The summed E-state index contributed by atoms with van der Waals surface area (Å²) in [5, 5.41) is 32.7. The highest BCUT2D eigenvalue weighted by molar-refractivity contribution is 5.85. The molecule has 2 bridgehead atoms. The molecule has 7 rings (SSSR count). The standard InChI is InChI=1S/C28H29N7O4/c1-38-27-5-2-18(9-31-27)12-34-21-6-22(34)14-33(13-21)26-4-3-19(10-30-26)25-7-24(39-17-23(37)16-36)15-35-28(25)20(8-29)11-32-35/h2-5,7,9-11,15,21-23,36-37H,6,12-14,16-17H2,1H3. The second kappa shape index (κ2) is 10.5. The lowest BCUT2D eigenvalue weighted by Gasteiger charge is -2.56. The minimum Gasteiger partial charge on any atom is -0.489 e. The summed E-state index contributed by atoms with van der Waals surface area (Å²) in [7, 11) is 1.62. The number of piperidine rings is 1. The van der Waals surface area contributed by atoms with Gasteiger partial charge in [0.15, 0.2) is 0 Å². The van der Waals surface area contributed by atoms with Gasteiger partial charge in [-0.2, -0.15) is 10.4 Å². The molecular weight excluding hydrogens is 498 g/mol. The molecule has 3 fully saturated rings. The van der Waals surface area contributed by atoms with Crippen molar-refractivity contribution in [1.29, 1.82) is 5.26 Å². The molecule has 3 saturated heterocycles. The molecule has 0 amide bonds. The van der Waals surface area contributed by atoms with Crippen molar-refractivity contribution >= 4 is 11.3 Å². The van der Waals surface area contributed by atoms with Gasteiger partial charge in [-0.3, -0.25) is 4.90 Å². The molecule has 11 heteroatoms. The monoisotopic (exact) mass is 527 g/mol. The fourth-order valence-electron chi connectivity index (χ4n) is 5.42. The van der Waals surface area contributed by atoms with E-state index in [1.807, 2.05) is 30.6 Å². The number of pyridine rings is 3. The van der Waals surface area contributed by atoms with E-state index in [2.05, 4.69) is 32.0 Å². The van der Waals surface area contributed by atoms with Crippen LogP contribution in [0.4, 0.5) is 5.82 Å². The first-order valence-electron chi connectivity index (χ1n) is 12.9. The number of aliphatic hydroxyl groups excluding tert-OH is 2. The Balaban J connectivity index is 1.18. The van der Waals surface area contributed by atoms with Crippen molar-refractivity contribution in [2.45, 2.75) is 31.2 Å². The van der Waals surface area contributed by atoms with Crippen LogP contribution in [-0.4, -0.2) is 86.3 Å². The minimum absolute atomic E-state index is 0.0612. The van der Waals surface area contributed by atoms with E-state index in [9.17, 15) is 10.4 Å². The molecular formula is C28H29N7O4. The number of aromatic nitrogens is 4. The van der Waals surface area contributed by atoms with Crippen LogP contribution in [-0.2, 0) is 6.54 Å². The molecule has 0 saturated carbocycles. The molecule has 3 atom stereocenters. The van der Waals surface area contributed by atoms with Gasteiger partial charge in [-0.25, -0.2) is 14.5 Å². The zero-order valence-corrected chi connectivity index (χ0v) is 21.5. The number of ether oxygens (including phenoxy) is 2. The summed E-state index contributed by atoms with van der Waals surface area (Å²) in [6.45, 7) is 2.25. The van der Waals surface area contributed by atoms with E-state index in [1.165, 1.54) is 18.2 Å². The zero-order chi connectivity index (χ0) is 26.9. The van der Waals surface area contributed by atoms with Crippen molar-refractivity contribution in [3.63, 3.8) is 0 Å². The Labute approximate surface area is 225 Å². The fourth-order valence-corrected chi connectivity index (χ4v) is 5.42. The van der Waals surface area contributed by atoms with Gasteiger partial charge in [0.2, 0.25) is 5.88 Å². The predicted octanol–water partition coefficient (Wildman–Crippen LogP) is 1.87. The molecule has 39 heavy (non-hydrogen) atoms. The first-order valence-corrected chi connectivity index (χ1v) is 12.9. The summed E-state index contributed by atoms with van der Waals surface area (Å²) < 4.78 is 12.4. The molecule has 7 heterocycles. The minimum atomic E-state index is -0.989. The van der Waals surface area contributed by atoms with Crippen LogP contribution in [0.5, 0.6) is 11.6 Å². The van der Waals surface area contributed by atoms with Gasteiger partial charge in [-0.05, 0) is 30.2 Å². The molecule has 11 nitrogen and oxygen atoms in total. The van der Waals surface area contributed by atoms with Gasteiger partial charge in [-0.1, -0.05) is 6.07 Å². The van der Waals surface area contributed by atoms with Gasteiger partial charge >= 0.3 is 0 Å². The van der Waals surface area contributed by atoms with Crippen LogP contribution in [0.25, 0.3) is 16.6 Å².